The van der Waals surface area contributed by atoms with E-state index in [9.17, 15) is 9.18 Å². The number of amides is 1. The summed E-state index contributed by atoms with van der Waals surface area (Å²) in [5.74, 6) is -0.364. The quantitative estimate of drug-likeness (QED) is 0.785. The molecule has 0 atom stereocenters. The maximum atomic E-state index is 13.7. The van der Waals surface area contributed by atoms with Crippen molar-refractivity contribution in [3.05, 3.63) is 34.1 Å². The van der Waals surface area contributed by atoms with Gasteiger partial charge in [0.2, 0.25) is 0 Å². The van der Waals surface area contributed by atoms with Gasteiger partial charge in [-0.1, -0.05) is 25.3 Å². The third-order valence-electron chi connectivity index (χ3n) is 4.01. The van der Waals surface area contributed by atoms with Gasteiger partial charge in [-0.15, -0.1) is 11.6 Å². The molecule has 0 saturated heterocycles. The predicted octanol–water partition coefficient (Wildman–Crippen LogP) is 4.51. The Kier molecular flexibility index (Phi) is 5.44. The normalized spacial score (nSPS) is 17.8. The molecule has 1 N–H and O–H groups in total. The molecule has 0 unspecified atom stereocenters. The van der Waals surface area contributed by atoms with Gasteiger partial charge in [0.25, 0.3) is 5.91 Å². The van der Waals surface area contributed by atoms with Crippen LogP contribution < -0.4 is 5.32 Å². The van der Waals surface area contributed by atoms with E-state index in [1.165, 1.54) is 12.5 Å². The zero-order valence-corrected chi connectivity index (χ0v) is 13.6. The molecule has 1 aromatic carbocycles. The molecule has 0 aromatic heterocycles. The second-order valence-corrected chi connectivity index (χ2v) is 6.60. The van der Waals surface area contributed by atoms with Gasteiger partial charge in [0, 0.05) is 22.3 Å². The molecule has 0 radical (unpaired) electrons. The molecule has 0 bridgehead atoms. The summed E-state index contributed by atoms with van der Waals surface area (Å²) >= 11 is 9.31. The summed E-state index contributed by atoms with van der Waals surface area (Å²) in [5, 5.41) is 2.85. The second-order valence-electron chi connectivity index (χ2n) is 5.47. The Hall–Kier alpha value is -0.610. The van der Waals surface area contributed by atoms with Gasteiger partial charge in [-0.05, 0) is 40.9 Å². The van der Waals surface area contributed by atoms with Gasteiger partial charge in [0.15, 0.2) is 0 Å². The predicted molar refractivity (Wildman–Crippen MR) is 82.7 cm³/mol. The Labute approximate surface area is 132 Å². The van der Waals surface area contributed by atoms with Gasteiger partial charge in [-0.2, -0.15) is 0 Å². The van der Waals surface area contributed by atoms with Crippen molar-refractivity contribution in [2.45, 2.75) is 32.1 Å². The number of hydrogen-bond donors (Lipinski definition) is 1. The summed E-state index contributed by atoms with van der Waals surface area (Å²) in [6.45, 7) is 0.510. The van der Waals surface area contributed by atoms with Gasteiger partial charge in [0.1, 0.15) is 5.82 Å². The summed E-state index contributed by atoms with van der Waals surface area (Å²) in [5.41, 5.74) is 0.0285. The van der Waals surface area contributed by atoms with Crippen LogP contribution in [0.25, 0.3) is 0 Å². The molecule has 2 rings (SSSR count). The van der Waals surface area contributed by atoms with Crippen molar-refractivity contribution < 1.29 is 9.18 Å². The summed E-state index contributed by atoms with van der Waals surface area (Å²) in [7, 11) is 0. The molecular formula is C15H18BrClFNO. The van der Waals surface area contributed by atoms with Gasteiger partial charge >= 0.3 is 0 Å². The highest BCUT2D eigenvalue weighted by molar-refractivity contribution is 9.10. The first kappa shape index (κ1) is 15.8. The van der Waals surface area contributed by atoms with E-state index in [-0.39, 0.29) is 16.9 Å². The van der Waals surface area contributed by atoms with Crippen molar-refractivity contribution in [1.29, 1.82) is 0 Å². The largest absolute Gasteiger partial charge is 0.351 e. The fourth-order valence-electron chi connectivity index (χ4n) is 2.73. The minimum Gasteiger partial charge on any atom is -0.351 e. The van der Waals surface area contributed by atoms with Crippen LogP contribution in [0.3, 0.4) is 0 Å². The van der Waals surface area contributed by atoms with E-state index in [0.29, 0.717) is 16.9 Å². The van der Waals surface area contributed by atoms with E-state index >= 15 is 0 Å². The van der Waals surface area contributed by atoms with Crippen LogP contribution in [0, 0.1) is 11.2 Å². The van der Waals surface area contributed by atoms with Crippen LogP contribution >= 0.6 is 27.5 Å². The highest BCUT2D eigenvalue weighted by Gasteiger charge is 2.32. The molecule has 1 aromatic rings. The molecule has 1 saturated carbocycles. The van der Waals surface area contributed by atoms with E-state index in [1.54, 1.807) is 12.1 Å². The number of benzene rings is 1. The van der Waals surface area contributed by atoms with E-state index in [0.717, 1.165) is 25.7 Å². The summed E-state index contributed by atoms with van der Waals surface area (Å²) in [6, 6.07) is 4.52. The summed E-state index contributed by atoms with van der Waals surface area (Å²) in [6.07, 6.45) is 5.56. The van der Waals surface area contributed by atoms with Crippen LogP contribution in [0.2, 0.25) is 0 Å². The van der Waals surface area contributed by atoms with Crippen molar-refractivity contribution >= 4 is 33.4 Å². The van der Waals surface area contributed by atoms with Crippen molar-refractivity contribution in [3.8, 4) is 0 Å². The minimum atomic E-state index is -0.513. The summed E-state index contributed by atoms with van der Waals surface area (Å²) < 4.78 is 14.2. The lowest BCUT2D eigenvalue weighted by Crippen LogP contribution is -2.40. The molecule has 0 aliphatic heterocycles. The fourth-order valence-corrected chi connectivity index (χ4v) is 3.61. The third-order valence-corrected chi connectivity index (χ3v) is 5.24. The van der Waals surface area contributed by atoms with Crippen LogP contribution in [0.4, 0.5) is 4.39 Å². The standard InChI is InChI=1S/C15H18BrClFNO/c16-11-5-4-6-12(18)13(11)14(20)19-10-15(9-17)7-2-1-3-8-15/h4-6H,1-3,7-10H2,(H,19,20). The van der Waals surface area contributed by atoms with Crippen molar-refractivity contribution in [2.75, 3.05) is 12.4 Å². The number of carbonyl (C=O) groups excluding carboxylic acids is 1. The highest BCUT2D eigenvalue weighted by Crippen LogP contribution is 2.36. The van der Waals surface area contributed by atoms with E-state index in [1.807, 2.05) is 0 Å². The lowest BCUT2D eigenvalue weighted by atomic mass is 9.75. The van der Waals surface area contributed by atoms with Gasteiger partial charge in [0.05, 0.1) is 5.56 Å². The first-order valence-electron chi connectivity index (χ1n) is 6.86. The van der Waals surface area contributed by atoms with Crippen LogP contribution in [0.1, 0.15) is 42.5 Å². The Morgan fingerprint density at radius 2 is 2.05 bits per heavy atom. The van der Waals surface area contributed by atoms with Gasteiger partial charge in [-0.25, -0.2) is 4.39 Å². The van der Waals surface area contributed by atoms with Gasteiger partial charge < -0.3 is 5.32 Å². The zero-order valence-electron chi connectivity index (χ0n) is 11.2. The average molecular weight is 363 g/mol. The van der Waals surface area contributed by atoms with Crippen LogP contribution in [0.5, 0.6) is 0 Å². The molecule has 20 heavy (non-hydrogen) atoms. The molecule has 0 heterocycles. The Morgan fingerprint density at radius 3 is 2.65 bits per heavy atom. The van der Waals surface area contributed by atoms with Crippen molar-refractivity contribution in [2.24, 2.45) is 5.41 Å². The molecule has 110 valence electrons. The fraction of sp³-hybridized carbons (Fsp3) is 0.533. The Morgan fingerprint density at radius 1 is 1.35 bits per heavy atom. The number of hydrogen-bond acceptors (Lipinski definition) is 1. The molecule has 5 heteroatoms. The van der Waals surface area contributed by atoms with Crippen molar-refractivity contribution in [3.63, 3.8) is 0 Å². The lowest BCUT2D eigenvalue weighted by molar-refractivity contribution is 0.0916. The maximum Gasteiger partial charge on any atom is 0.255 e. The first-order chi connectivity index (χ1) is 9.58. The minimum absolute atomic E-state index is 0.0345. The number of carbonyl (C=O) groups is 1. The number of halogens is 3. The molecule has 2 nitrogen and oxygen atoms in total. The molecule has 0 spiro atoms. The van der Waals surface area contributed by atoms with Crippen LogP contribution in [0.15, 0.2) is 22.7 Å². The monoisotopic (exact) mass is 361 g/mol. The van der Waals surface area contributed by atoms with E-state index in [4.69, 9.17) is 11.6 Å². The molecule has 1 fully saturated rings. The molecular weight excluding hydrogens is 345 g/mol. The third kappa shape index (κ3) is 3.53. The summed E-state index contributed by atoms with van der Waals surface area (Å²) in [4.78, 5) is 12.2. The molecule has 1 amide bonds. The average Bonchev–Trinajstić information content (AvgIpc) is 2.46. The topological polar surface area (TPSA) is 29.1 Å². The Balaban J connectivity index is 2.04. The number of alkyl halides is 1. The van der Waals surface area contributed by atoms with Gasteiger partial charge in [-0.3, -0.25) is 4.79 Å². The Bertz CT molecular complexity index is 469. The van der Waals surface area contributed by atoms with E-state index in [2.05, 4.69) is 21.2 Å². The maximum absolute atomic E-state index is 13.7. The lowest BCUT2D eigenvalue weighted by Gasteiger charge is -2.35. The number of nitrogens with one attached hydrogen (secondary N) is 1. The zero-order chi connectivity index (χ0) is 14.6. The van der Waals surface area contributed by atoms with E-state index < -0.39 is 5.82 Å². The first-order valence-corrected chi connectivity index (χ1v) is 8.19. The molecule has 1 aliphatic rings. The smallest absolute Gasteiger partial charge is 0.255 e. The second kappa shape index (κ2) is 6.90. The molecule has 1 aliphatic carbocycles. The van der Waals surface area contributed by atoms with Crippen molar-refractivity contribution in [1.82, 2.24) is 5.32 Å². The van der Waals surface area contributed by atoms with Crippen LogP contribution in [-0.4, -0.2) is 18.3 Å². The SMILES string of the molecule is O=C(NCC1(CCl)CCCCC1)c1c(F)cccc1Br. The van der Waals surface area contributed by atoms with Crippen LogP contribution in [-0.2, 0) is 0 Å². The number of rotatable bonds is 4. The highest BCUT2D eigenvalue weighted by atomic mass is 79.9.